The highest BCUT2D eigenvalue weighted by atomic mass is 19.4. The largest absolute Gasteiger partial charge is 0.490 e. The molecule has 0 saturated carbocycles. The Morgan fingerprint density at radius 2 is 1.46 bits per heavy atom. The fraction of sp³-hybridized carbons (Fsp3) is 0.375. The standard InChI is InChI=1S/C30H37N3O.C2HF3O2/c1-2-3-7-18-32-19-9-20-33(22-21-32)24-25-10-8-13-29(23-25)31-30(34)28-16-14-27(15-17-28)26-11-5-4-6-12-26;3-2(4,5)1(6)7/h4-6,8,10-17,23H,2-3,7,9,18-22,24H2,1H3,(H,31,34);(H,6,7). The number of nitrogens with one attached hydrogen (secondary N) is 1. The quantitative estimate of drug-likeness (QED) is 0.273. The van der Waals surface area contributed by atoms with Crippen molar-refractivity contribution in [2.24, 2.45) is 0 Å². The third-order valence-electron chi connectivity index (χ3n) is 6.85. The molecular weight excluding hydrogens is 531 g/mol. The fourth-order valence-electron chi connectivity index (χ4n) is 4.65. The molecule has 4 rings (SSSR count). The number of unbranched alkanes of at least 4 members (excludes halogenated alkanes) is 2. The van der Waals surface area contributed by atoms with Crippen LogP contribution in [-0.2, 0) is 11.3 Å². The van der Waals surface area contributed by atoms with Crippen LogP contribution in [0.25, 0.3) is 11.1 Å². The molecule has 0 bridgehead atoms. The van der Waals surface area contributed by atoms with Gasteiger partial charge in [-0.2, -0.15) is 13.2 Å². The molecule has 9 heteroatoms. The number of hydrogen-bond donors (Lipinski definition) is 2. The number of benzene rings is 3. The number of nitrogens with zero attached hydrogens (tertiary/aromatic N) is 2. The van der Waals surface area contributed by atoms with E-state index in [1.807, 2.05) is 54.6 Å². The molecule has 6 nitrogen and oxygen atoms in total. The second kappa shape index (κ2) is 15.9. The van der Waals surface area contributed by atoms with Crippen LogP contribution in [0.5, 0.6) is 0 Å². The molecular formula is C32H38F3N3O3. The van der Waals surface area contributed by atoms with E-state index in [4.69, 9.17) is 9.90 Å². The van der Waals surface area contributed by atoms with Crippen LogP contribution in [0.1, 0.15) is 48.5 Å². The predicted octanol–water partition coefficient (Wildman–Crippen LogP) is 6.94. The summed E-state index contributed by atoms with van der Waals surface area (Å²) in [4.78, 5) is 26.9. The molecule has 0 radical (unpaired) electrons. The first kappa shape index (κ1) is 31.8. The van der Waals surface area contributed by atoms with Gasteiger partial charge in [0.1, 0.15) is 0 Å². The van der Waals surface area contributed by atoms with Gasteiger partial charge >= 0.3 is 12.1 Å². The highest BCUT2D eigenvalue weighted by Crippen LogP contribution is 2.20. The Labute approximate surface area is 239 Å². The Kier molecular flexibility index (Phi) is 12.4. The molecule has 0 atom stereocenters. The normalized spacial score (nSPS) is 14.4. The number of aliphatic carboxylic acids is 1. The van der Waals surface area contributed by atoms with Crippen LogP contribution in [0.4, 0.5) is 18.9 Å². The van der Waals surface area contributed by atoms with Crippen molar-refractivity contribution >= 4 is 17.6 Å². The monoisotopic (exact) mass is 569 g/mol. The van der Waals surface area contributed by atoms with Crippen molar-refractivity contribution in [1.29, 1.82) is 0 Å². The third-order valence-corrected chi connectivity index (χ3v) is 6.85. The lowest BCUT2D eigenvalue weighted by Crippen LogP contribution is -2.31. The first-order valence-corrected chi connectivity index (χ1v) is 14.0. The minimum atomic E-state index is -5.08. The molecule has 41 heavy (non-hydrogen) atoms. The van der Waals surface area contributed by atoms with Gasteiger partial charge in [-0.15, -0.1) is 0 Å². The van der Waals surface area contributed by atoms with Gasteiger partial charge in [0.25, 0.3) is 5.91 Å². The first-order valence-electron chi connectivity index (χ1n) is 14.0. The Hall–Kier alpha value is -3.69. The van der Waals surface area contributed by atoms with Crippen molar-refractivity contribution in [3.63, 3.8) is 0 Å². The van der Waals surface area contributed by atoms with Gasteiger partial charge in [-0.05, 0) is 73.4 Å². The van der Waals surface area contributed by atoms with Gasteiger partial charge in [0.15, 0.2) is 0 Å². The van der Waals surface area contributed by atoms with E-state index in [0.29, 0.717) is 5.56 Å². The lowest BCUT2D eigenvalue weighted by molar-refractivity contribution is -0.192. The first-order chi connectivity index (χ1) is 19.7. The number of carboxylic acids is 1. The molecule has 220 valence electrons. The van der Waals surface area contributed by atoms with Gasteiger partial charge in [0.05, 0.1) is 0 Å². The molecule has 1 heterocycles. The summed E-state index contributed by atoms with van der Waals surface area (Å²) in [5.74, 6) is -2.83. The number of carbonyl (C=O) groups is 2. The summed E-state index contributed by atoms with van der Waals surface area (Å²) in [5.41, 5.74) is 5.03. The summed E-state index contributed by atoms with van der Waals surface area (Å²) >= 11 is 0. The number of rotatable bonds is 9. The molecule has 3 aromatic rings. The Bertz CT molecular complexity index is 1230. The van der Waals surface area contributed by atoms with E-state index < -0.39 is 12.1 Å². The van der Waals surface area contributed by atoms with E-state index in [2.05, 4.69) is 46.3 Å². The van der Waals surface area contributed by atoms with Gasteiger partial charge in [-0.25, -0.2) is 4.79 Å². The van der Waals surface area contributed by atoms with E-state index in [-0.39, 0.29) is 5.91 Å². The lowest BCUT2D eigenvalue weighted by Gasteiger charge is -2.22. The summed E-state index contributed by atoms with van der Waals surface area (Å²) in [6.45, 7) is 9.03. The zero-order valence-corrected chi connectivity index (χ0v) is 23.4. The Morgan fingerprint density at radius 1 is 0.829 bits per heavy atom. The summed E-state index contributed by atoms with van der Waals surface area (Å²) in [5, 5.41) is 10.2. The number of amides is 1. The number of carboxylic acid groups (broad SMARTS) is 1. The maximum atomic E-state index is 12.8. The van der Waals surface area contributed by atoms with Gasteiger partial charge in [-0.1, -0.05) is 74.4 Å². The van der Waals surface area contributed by atoms with Gasteiger partial charge in [0.2, 0.25) is 0 Å². The minimum Gasteiger partial charge on any atom is -0.475 e. The van der Waals surface area contributed by atoms with Crippen LogP contribution in [0, 0.1) is 0 Å². The highest BCUT2D eigenvalue weighted by Gasteiger charge is 2.38. The maximum absolute atomic E-state index is 12.8. The number of hydrogen-bond acceptors (Lipinski definition) is 4. The Morgan fingerprint density at radius 3 is 2.12 bits per heavy atom. The molecule has 1 saturated heterocycles. The van der Waals surface area contributed by atoms with Gasteiger partial charge in [-0.3, -0.25) is 9.69 Å². The second-order valence-corrected chi connectivity index (χ2v) is 10.1. The molecule has 0 aromatic heterocycles. The number of halogens is 3. The van der Waals surface area contributed by atoms with Crippen molar-refractivity contribution in [1.82, 2.24) is 9.80 Å². The molecule has 2 N–H and O–H groups in total. The molecule has 1 aliphatic heterocycles. The van der Waals surface area contributed by atoms with Crippen molar-refractivity contribution in [3.05, 3.63) is 90.0 Å². The van der Waals surface area contributed by atoms with Crippen LogP contribution in [-0.4, -0.2) is 65.7 Å². The van der Waals surface area contributed by atoms with Gasteiger partial charge < -0.3 is 15.3 Å². The van der Waals surface area contributed by atoms with Crippen molar-refractivity contribution in [3.8, 4) is 11.1 Å². The second-order valence-electron chi connectivity index (χ2n) is 10.1. The number of carbonyl (C=O) groups excluding carboxylic acids is 1. The van der Waals surface area contributed by atoms with Crippen LogP contribution < -0.4 is 5.32 Å². The molecule has 1 fully saturated rings. The van der Waals surface area contributed by atoms with Crippen molar-refractivity contribution in [2.75, 3.05) is 38.0 Å². The van der Waals surface area contributed by atoms with Crippen molar-refractivity contribution < 1.29 is 27.9 Å². The summed E-state index contributed by atoms with van der Waals surface area (Å²) in [7, 11) is 0. The van der Waals surface area contributed by atoms with E-state index in [9.17, 15) is 18.0 Å². The smallest absolute Gasteiger partial charge is 0.475 e. The average Bonchev–Trinajstić information content (AvgIpc) is 3.19. The molecule has 3 aromatic carbocycles. The zero-order valence-electron chi connectivity index (χ0n) is 23.4. The summed E-state index contributed by atoms with van der Waals surface area (Å²) < 4.78 is 31.7. The van der Waals surface area contributed by atoms with Crippen molar-refractivity contribution in [2.45, 2.75) is 45.3 Å². The highest BCUT2D eigenvalue weighted by molar-refractivity contribution is 6.04. The van der Waals surface area contributed by atoms with E-state index in [0.717, 1.165) is 43.0 Å². The predicted molar refractivity (Wildman–Crippen MR) is 156 cm³/mol. The lowest BCUT2D eigenvalue weighted by atomic mass is 10.0. The van der Waals surface area contributed by atoms with E-state index in [1.54, 1.807) is 0 Å². The summed E-state index contributed by atoms with van der Waals surface area (Å²) in [6, 6.07) is 26.3. The van der Waals surface area contributed by atoms with E-state index in [1.165, 1.54) is 44.3 Å². The number of anilines is 1. The third kappa shape index (κ3) is 11.0. The zero-order chi connectivity index (χ0) is 29.7. The van der Waals surface area contributed by atoms with Crippen LogP contribution in [0.3, 0.4) is 0 Å². The molecule has 0 spiro atoms. The van der Waals surface area contributed by atoms with Crippen LogP contribution in [0.15, 0.2) is 78.9 Å². The molecule has 0 aliphatic carbocycles. The average molecular weight is 570 g/mol. The Balaban J connectivity index is 0.000000587. The maximum Gasteiger partial charge on any atom is 0.490 e. The van der Waals surface area contributed by atoms with Crippen LogP contribution >= 0.6 is 0 Å². The van der Waals surface area contributed by atoms with Gasteiger partial charge in [0, 0.05) is 30.9 Å². The van der Waals surface area contributed by atoms with E-state index >= 15 is 0 Å². The van der Waals surface area contributed by atoms with Crippen LogP contribution in [0.2, 0.25) is 0 Å². The topological polar surface area (TPSA) is 72.9 Å². The molecule has 1 aliphatic rings. The fourth-order valence-corrected chi connectivity index (χ4v) is 4.65. The molecule has 1 amide bonds. The minimum absolute atomic E-state index is 0.0748. The number of alkyl halides is 3. The SMILES string of the molecule is CCCCCN1CCCN(Cc2cccc(NC(=O)c3ccc(-c4ccccc4)cc3)c2)CC1.O=C(O)C(F)(F)F. The summed E-state index contributed by atoms with van der Waals surface area (Å²) in [6.07, 6.45) is 0.0660. The molecule has 0 unspecified atom stereocenters.